The van der Waals surface area contributed by atoms with E-state index in [0.29, 0.717) is 17.2 Å². The fourth-order valence-corrected chi connectivity index (χ4v) is 2.99. The summed E-state index contributed by atoms with van der Waals surface area (Å²) in [6.07, 6.45) is 0. The predicted molar refractivity (Wildman–Crippen MR) is 110 cm³/mol. The average molecular weight is 378 g/mol. The van der Waals surface area contributed by atoms with Crippen LogP contribution in [-0.2, 0) is 6.61 Å². The van der Waals surface area contributed by atoms with E-state index in [2.05, 4.69) is 30.4 Å². The third kappa shape index (κ3) is 4.42. The van der Waals surface area contributed by atoms with E-state index in [-0.39, 0.29) is 18.2 Å². The molecule has 0 bridgehead atoms. The molecule has 5 heteroatoms. The maximum absolute atomic E-state index is 12.7. The van der Waals surface area contributed by atoms with Crippen LogP contribution in [0.25, 0.3) is 0 Å². The van der Waals surface area contributed by atoms with Gasteiger partial charge in [0.05, 0.1) is 5.56 Å². The number of ether oxygens (including phenoxy) is 1. The first-order valence-corrected chi connectivity index (χ1v) is 9.41. The molecule has 2 aromatic carbocycles. The van der Waals surface area contributed by atoms with Crippen molar-refractivity contribution in [3.63, 3.8) is 0 Å². The number of nitrogens with zero attached hydrogens (tertiary/aromatic N) is 1. The first-order chi connectivity index (χ1) is 13.3. The van der Waals surface area contributed by atoms with E-state index in [1.165, 1.54) is 11.1 Å². The van der Waals surface area contributed by atoms with Crippen molar-refractivity contribution < 1.29 is 14.1 Å². The Morgan fingerprint density at radius 3 is 2.46 bits per heavy atom. The smallest absolute Gasteiger partial charge is 0.278 e. The number of hydrogen-bond donors (Lipinski definition) is 1. The van der Waals surface area contributed by atoms with Crippen LogP contribution >= 0.6 is 0 Å². The van der Waals surface area contributed by atoms with Gasteiger partial charge in [0.25, 0.3) is 5.91 Å². The van der Waals surface area contributed by atoms with Crippen LogP contribution in [0, 0.1) is 20.8 Å². The van der Waals surface area contributed by atoms with Crippen molar-refractivity contribution in [2.45, 2.75) is 47.1 Å². The Hall–Kier alpha value is -3.08. The molecule has 1 amide bonds. The summed E-state index contributed by atoms with van der Waals surface area (Å²) in [6, 6.07) is 13.8. The summed E-state index contributed by atoms with van der Waals surface area (Å²) in [5, 5.41) is 6.82. The largest absolute Gasteiger partial charge is 0.488 e. The lowest BCUT2D eigenvalue weighted by Gasteiger charge is -2.10. The minimum absolute atomic E-state index is 0.217. The Kier molecular flexibility index (Phi) is 5.83. The predicted octanol–water partition coefficient (Wildman–Crippen LogP) is 5.55. The first kappa shape index (κ1) is 19.7. The number of carbonyl (C=O) groups is 1. The molecule has 5 nitrogen and oxygen atoms in total. The number of amides is 1. The second-order valence-corrected chi connectivity index (χ2v) is 7.35. The van der Waals surface area contributed by atoms with Crippen LogP contribution in [0.4, 0.5) is 5.69 Å². The molecule has 0 fully saturated rings. The molecular formula is C23H26N2O3. The van der Waals surface area contributed by atoms with Crippen molar-refractivity contribution in [3.05, 3.63) is 76.2 Å². The summed E-state index contributed by atoms with van der Waals surface area (Å²) >= 11 is 0. The molecule has 3 rings (SSSR count). The third-order valence-electron chi connectivity index (χ3n) is 4.74. The number of aryl methyl sites for hydroxylation is 3. The fraction of sp³-hybridized carbons (Fsp3) is 0.304. The highest BCUT2D eigenvalue weighted by Crippen LogP contribution is 2.23. The van der Waals surface area contributed by atoms with Gasteiger partial charge in [0.15, 0.2) is 5.69 Å². The van der Waals surface area contributed by atoms with Crippen molar-refractivity contribution in [1.82, 2.24) is 5.16 Å². The monoisotopic (exact) mass is 378 g/mol. The highest BCUT2D eigenvalue weighted by Gasteiger charge is 2.21. The van der Waals surface area contributed by atoms with Crippen LogP contribution < -0.4 is 10.1 Å². The van der Waals surface area contributed by atoms with Gasteiger partial charge in [0.2, 0.25) is 0 Å². The van der Waals surface area contributed by atoms with Gasteiger partial charge in [-0.1, -0.05) is 48.8 Å². The van der Waals surface area contributed by atoms with Crippen molar-refractivity contribution in [2.75, 3.05) is 5.32 Å². The zero-order valence-corrected chi connectivity index (χ0v) is 17.0. The van der Waals surface area contributed by atoms with E-state index in [1.54, 1.807) is 6.92 Å². The van der Waals surface area contributed by atoms with Gasteiger partial charge in [0.1, 0.15) is 18.1 Å². The summed E-state index contributed by atoms with van der Waals surface area (Å²) in [4.78, 5) is 12.7. The number of anilines is 1. The highest BCUT2D eigenvalue weighted by molar-refractivity contribution is 6.03. The van der Waals surface area contributed by atoms with Crippen LogP contribution in [0.3, 0.4) is 0 Å². The number of carbonyl (C=O) groups excluding carboxylic acids is 1. The molecule has 0 radical (unpaired) electrons. The van der Waals surface area contributed by atoms with Crippen LogP contribution in [0.5, 0.6) is 5.75 Å². The Morgan fingerprint density at radius 2 is 1.82 bits per heavy atom. The molecule has 146 valence electrons. The summed E-state index contributed by atoms with van der Waals surface area (Å²) in [7, 11) is 0. The number of benzene rings is 2. The van der Waals surface area contributed by atoms with Crippen molar-refractivity contribution in [2.24, 2.45) is 0 Å². The van der Waals surface area contributed by atoms with E-state index >= 15 is 0 Å². The summed E-state index contributed by atoms with van der Waals surface area (Å²) in [5.41, 5.74) is 5.06. The molecule has 0 unspecified atom stereocenters. The second-order valence-electron chi connectivity index (χ2n) is 7.35. The summed E-state index contributed by atoms with van der Waals surface area (Å²) in [5.74, 6) is 1.48. The Bertz CT molecular complexity index is 972. The molecule has 1 N–H and O–H groups in total. The number of rotatable bonds is 6. The summed E-state index contributed by atoms with van der Waals surface area (Å²) < 4.78 is 11.2. The van der Waals surface area contributed by atoms with E-state index in [1.807, 2.05) is 50.2 Å². The lowest BCUT2D eigenvalue weighted by molar-refractivity contribution is 0.101. The molecule has 0 spiro atoms. The quantitative estimate of drug-likeness (QED) is 0.610. The zero-order chi connectivity index (χ0) is 20.3. The van der Waals surface area contributed by atoms with Gasteiger partial charge in [0, 0.05) is 5.69 Å². The average Bonchev–Trinajstić information content (AvgIpc) is 3.02. The standard InChI is InChI=1S/C23H26N2O3/c1-14(2)18-7-9-19(10-8-18)24-23(26)22-20(17(5)28-25-22)13-27-21-11-6-15(3)12-16(21)4/h6-12,14H,13H2,1-5H3,(H,24,26). The van der Waals surface area contributed by atoms with Gasteiger partial charge in [-0.3, -0.25) is 4.79 Å². The summed E-state index contributed by atoms with van der Waals surface area (Å²) in [6.45, 7) is 10.3. The lowest BCUT2D eigenvalue weighted by atomic mass is 10.0. The molecule has 0 aliphatic heterocycles. The molecule has 28 heavy (non-hydrogen) atoms. The molecule has 0 atom stereocenters. The molecule has 0 saturated heterocycles. The molecule has 0 aliphatic rings. The molecule has 0 saturated carbocycles. The Labute approximate surface area is 165 Å². The van der Waals surface area contributed by atoms with Crippen LogP contribution in [-0.4, -0.2) is 11.1 Å². The van der Waals surface area contributed by atoms with Crippen molar-refractivity contribution >= 4 is 11.6 Å². The van der Waals surface area contributed by atoms with Gasteiger partial charge in [-0.25, -0.2) is 0 Å². The maximum Gasteiger partial charge on any atom is 0.278 e. The molecule has 1 aromatic heterocycles. The van der Waals surface area contributed by atoms with E-state index in [0.717, 1.165) is 17.0 Å². The molecule has 1 heterocycles. The highest BCUT2D eigenvalue weighted by atomic mass is 16.5. The molecule has 0 aliphatic carbocycles. The van der Waals surface area contributed by atoms with E-state index in [4.69, 9.17) is 9.26 Å². The minimum Gasteiger partial charge on any atom is -0.488 e. The maximum atomic E-state index is 12.7. The van der Waals surface area contributed by atoms with Gasteiger partial charge >= 0.3 is 0 Å². The van der Waals surface area contributed by atoms with Gasteiger partial charge in [-0.2, -0.15) is 0 Å². The minimum atomic E-state index is -0.312. The third-order valence-corrected chi connectivity index (χ3v) is 4.74. The molecule has 3 aromatic rings. The Morgan fingerprint density at radius 1 is 1.11 bits per heavy atom. The number of aromatic nitrogens is 1. The van der Waals surface area contributed by atoms with Gasteiger partial charge in [-0.15, -0.1) is 0 Å². The SMILES string of the molecule is Cc1ccc(OCc2c(C(=O)Nc3ccc(C(C)C)cc3)noc2C)c(C)c1. The zero-order valence-electron chi connectivity index (χ0n) is 17.0. The van der Waals surface area contributed by atoms with Crippen LogP contribution in [0.1, 0.15) is 58.3 Å². The van der Waals surface area contributed by atoms with Gasteiger partial charge < -0.3 is 14.6 Å². The van der Waals surface area contributed by atoms with Crippen LogP contribution in [0.2, 0.25) is 0 Å². The Balaban J connectivity index is 1.73. The number of nitrogens with one attached hydrogen (secondary N) is 1. The molecular weight excluding hydrogens is 352 g/mol. The van der Waals surface area contributed by atoms with E-state index in [9.17, 15) is 4.79 Å². The normalized spacial score (nSPS) is 10.9. The number of hydrogen-bond acceptors (Lipinski definition) is 4. The van der Waals surface area contributed by atoms with Gasteiger partial charge in [-0.05, 0) is 56.0 Å². The fourth-order valence-electron chi connectivity index (χ4n) is 2.99. The topological polar surface area (TPSA) is 64.4 Å². The lowest BCUT2D eigenvalue weighted by Crippen LogP contribution is -2.15. The first-order valence-electron chi connectivity index (χ1n) is 9.41. The van der Waals surface area contributed by atoms with Crippen LogP contribution in [0.15, 0.2) is 47.0 Å². The van der Waals surface area contributed by atoms with Crippen molar-refractivity contribution in [1.29, 1.82) is 0 Å². The second kappa shape index (κ2) is 8.30. The van der Waals surface area contributed by atoms with Crippen molar-refractivity contribution in [3.8, 4) is 5.75 Å². The van der Waals surface area contributed by atoms with E-state index < -0.39 is 0 Å².